The molecule has 112 valence electrons. The minimum Gasteiger partial charge on any atom is -0.397 e. The van der Waals surface area contributed by atoms with Gasteiger partial charge in [-0.05, 0) is 24.3 Å². The number of carbonyl (C=O) groups excluding carboxylic acids is 1. The van der Waals surface area contributed by atoms with Crippen molar-refractivity contribution in [1.82, 2.24) is 10.3 Å². The van der Waals surface area contributed by atoms with Crippen LogP contribution < -0.4 is 11.1 Å². The summed E-state index contributed by atoms with van der Waals surface area (Å²) in [5.41, 5.74) is 6.86. The van der Waals surface area contributed by atoms with Crippen LogP contribution in [0.15, 0.2) is 18.5 Å². The highest BCUT2D eigenvalue weighted by atomic mass is 32.1. The van der Waals surface area contributed by atoms with Gasteiger partial charge in [0.15, 0.2) is 0 Å². The summed E-state index contributed by atoms with van der Waals surface area (Å²) >= 11 is 1.42. The number of fused-ring (bicyclic) bond motifs is 1. The van der Waals surface area contributed by atoms with Gasteiger partial charge in [-0.3, -0.25) is 9.78 Å². The van der Waals surface area contributed by atoms with E-state index in [1.165, 1.54) is 24.2 Å². The molecule has 1 atom stereocenters. The molecule has 1 unspecified atom stereocenters. The molecule has 2 aromatic heterocycles. The van der Waals surface area contributed by atoms with E-state index in [4.69, 9.17) is 5.73 Å². The third-order valence-electron chi connectivity index (χ3n) is 4.55. The first-order valence-corrected chi connectivity index (χ1v) is 8.23. The Morgan fingerprint density at radius 1 is 1.48 bits per heavy atom. The van der Waals surface area contributed by atoms with Crippen LogP contribution in [0.1, 0.15) is 49.2 Å². The van der Waals surface area contributed by atoms with Gasteiger partial charge in [-0.1, -0.05) is 26.7 Å². The lowest BCUT2D eigenvalue weighted by atomic mass is 9.73. The van der Waals surface area contributed by atoms with Crippen molar-refractivity contribution in [3.8, 4) is 0 Å². The zero-order chi connectivity index (χ0) is 15.0. The Morgan fingerprint density at radius 2 is 2.29 bits per heavy atom. The Kier molecular flexibility index (Phi) is 3.61. The fraction of sp³-hybridized carbons (Fsp3) is 0.500. The van der Waals surface area contributed by atoms with Crippen LogP contribution in [0.2, 0.25) is 0 Å². The van der Waals surface area contributed by atoms with Crippen molar-refractivity contribution in [3.05, 3.63) is 23.3 Å². The van der Waals surface area contributed by atoms with E-state index in [-0.39, 0.29) is 17.4 Å². The predicted molar refractivity (Wildman–Crippen MR) is 87.5 cm³/mol. The van der Waals surface area contributed by atoms with Gasteiger partial charge in [0.1, 0.15) is 4.88 Å². The maximum Gasteiger partial charge on any atom is 0.263 e. The molecule has 1 aliphatic carbocycles. The van der Waals surface area contributed by atoms with Crippen molar-refractivity contribution in [2.75, 3.05) is 5.73 Å². The van der Waals surface area contributed by atoms with E-state index in [1.807, 2.05) is 6.07 Å². The van der Waals surface area contributed by atoms with Crippen LogP contribution in [-0.4, -0.2) is 16.9 Å². The van der Waals surface area contributed by atoms with Crippen LogP contribution in [0.3, 0.4) is 0 Å². The lowest BCUT2D eigenvalue weighted by Crippen LogP contribution is -2.46. The Bertz CT molecular complexity index is 677. The molecule has 2 heterocycles. The maximum absolute atomic E-state index is 12.6. The van der Waals surface area contributed by atoms with E-state index >= 15 is 0 Å². The van der Waals surface area contributed by atoms with Crippen molar-refractivity contribution in [1.29, 1.82) is 0 Å². The van der Waals surface area contributed by atoms with Crippen LogP contribution in [0.25, 0.3) is 10.1 Å². The first kappa shape index (κ1) is 14.3. The maximum atomic E-state index is 12.6. The van der Waals surface area contributed by atoms with Gasteiger partial charge < -0.3 is 11.1 Å². The van der Waals surface area contributed by atoms with Crippen molar-refractivity contribution in [2.45, 2.75) is 45.6 Å². The molecule has 0 bridgehead atoms. The quantitative estimate of drug-likeness (QED) is 0.891. The summed E-state index contributed by atoms with van der Waals surface area (Å²) < 4.78 is 0.961. The average Bonchev–Trinajstić information content (AvgIpc) is 2.79. The van der Waals surface area contributed by atoms with Crippen molar-refractivity contribution >= 4 is 33.0 Å². The first-order chi connectivity index (χ1) is 9.99. The summed E-state index contributed by atoms with van der Waals surface area (Å²) in [6.07, 6.45) is 8.10. The molecule has 0 radical (unpaired) electrons. The molecule has 1 aliphatic rings. The third kappa shape index (κ3) is 2.62. The van der Waals surface area contributed by atoms with Crippen LogP contribution >= 0.6 is 11.3 Å². The van der Waals surface area contributed by atoms with Crippen molar-refractivity contribution in [3.63, 3.8) is 0 Å². The van der Waals surface area contributed by atoms with E-state index in [1.54, 1.807) is 12.4 Å². The van der Waals surface area contributed by atoms with E-state index in [2.05, 4.69) is 24.1 Å². The molecule has 0 aromatic carbocycles. The first-order valence-electron chi connectivity index (χ1n) is 7.42. The highest BCUT2D eigenvalue weighted by Gasteiger charge is 2.33. The fourth-order valence-electron chi connectivity index (χ4n) is 3.13. The second-order valence-electron chi connectivity index (χ2n) is 6.48. The van der Waals surface area contributed by atoms with Gasteiger partial charge in [-0.2, -0.15) is 0 Å². The standard InChI is InChI=1S/C16H21N3OS/c1-16(2)7-4-3-5-12(16)19-15(20)14-13(17)10-6-8-18-9-11(10)21-14/h6,8-9,12H,3-5,7,17H2,1-2H3,(H,19,20). The van der Waals surface area contributed by atoms with E-state index < -0.39 is 0 Å². The zero-order valence-electron chi connectivity index (χ0n) is 12.5. The van der Waals surface area contributed by atoms with Gasteiger partial charge >= 0.3 is 0 Å². The molecule has 1 saturated carbocycles. The Balaban J connectivity index is 1.85. The number of pyridine rings is 1. The number of anilines is 1. The Morgan fingerprint density at radius 3 is 3.00 bits per heavy atom. The number of amides is 1. The normalized spacial score (nSPS) is 21.3. The number of carbonyl (C=O) groups is 1. The number of aromatic nitrogens is 1. The minimum absolute atomic E-state index is 0.0475. The number of hydrogen-bond donors (Lipinski definition) is 2. The van der Waals surface area contributed by atoms with E-state index in [0.29, 0.717) is 10.6 Å². The highest BCUT2D eigenvalue weighted by molar-refractivity contribution is 7.21. The molecule has 3 rings (SSSR count). The van der Waals surface area contributed by atoms with Crippen LogP contribution in [-0.2, 0) is 0 Å². The van der Waals surface area contributed by atoms with Gasteiger partial charge in [-0.25, -0.2) is 0 Å². The molecular weight excluding hydrogens is 282 g/mol. The number of rotatable bonds is 2. The number of nitrogens with two attached hydrogens (primary N) is 1. The van der Waals surface area contributed by atoms with Crippen LogP contribution in [0.5, 0.6) is 0 Å². The van der Waals surface area contributed by atoms with Crippen molar-refractivity contribution < 1.29 is 4.79 Å². The van der Waals surface area contributed by atoms with Gasteiger partial charge in [0.05, 0.1) is 10.4 Å². The van der Waals surface area contributed by atoms with Gasteiger partial charge in [0.2, 0.25) is 0 Å². The highest BCUT2D eigenvalue weighted by Crippen LogP contribution is 2.37. The number of nitrogen functional groups attached to an aromatic ring is 1. The van der Waals surface area contributed by atoms with Gasteiger partial charge in [0, 0.05) is 23.8 Å². The fourth-order valence-corrected chi connectivity index (χ4v) is 4.12. The average molecular weight is 303 g/mol. The SMILES string of the molecule is CC1(C)CCCCC1NC(=O)c1sc2cnccc2c1N. The predicted octanol–water partition coefficient (Wildman–Crippen LogP) is 3.58. The second-order valence-corrected chi connectivity index (χ2v) is 7.53. The van der Waals surface area contributed by atoms with Gasteiger partial charge in [0.25, 0.3) is 5.91 Å². The molecule has 1 fully saturated rings. The summed E-state index contributed by atoms with van der Waals surface area (Å²) in [5.74, 6) is -0.0475. The molecule has 1 amide bonds. The zero-order valence-corrected chi connectivity index (χ0v) is 13.3. The lowest BCUT2D eigenvalue weighted by molar-refractivity contribution is 0.0858. The number of thiophene rings is 1. The van der Waals surface area contributed by atoms with Crippen LogP contribution in [0.4, 0.5) is 5.69 Å². The second kappa shape index (κ2) is 5.30. The van der Waals surface area contributed by atoms with E-state index in [0.717, 1.165) is 22.9 Å². The summed E-state index contributed by atoms with van der Waals surface area (Å²) in [6, 6.07) is 2.09. The Labute approximate surface area is 128 Å². The molecule has 4 nitrogen and oxygen atoms in total. The Hall–Kier alpha value is -1.62. The lowest BCUT2D eigenvalue weighted by Gasteiger charge is -2.39. The smallest absolute Gasteiger partial charge is 0.263 e. The summed E-state index contributed by atoms with van der Waals surface area (Å²) in [7, 11) is 0. The summed E-state index contributed by atoms with van der Waals surface area (Å²) in [6.45, 7) is 4.46. The molecule has 0 aliphatic heterocycles. The molecule has 3 N–H and O–H groups in total. The topological polar surface area (TPSA) is 68.0 Å². The molecule has 0 saturated heterocycles. The number of nitrogens with zero attached hydrogens (tertiary/aromatic N) is 1. The summed E-state index contributed by atoms with van der Waals surface area (Å²) in [5, 5.41) is 4.12. The monoisotopic (exact) mass is 303 g/mol. The van der Waals surface area contributed by atoms with Crippen LogP contribution in [0, 0.1) is 5.41 Å². The number of nitrogens with one attached hydrogen (secondary N) is 1. The van der Waals surface area contributed by atoms with E-state index in [9.17, 15) is 4.79 Å². The minimum atomic E-state index is -0.0475. The summed E-state index contributed by atoms with van der Waals surface area (Å²) in [4.78, 5) is 17.3. The molecule has 5 heteroatoms. The molecule has 2 aromatic rings. The van der Waals surface area contributed by atoms with Crippen molar-refractivity contribution in [2.24, 2.45) is 5.41 Å². The largest absolute Gasteiger partial charge is 0.397 e. The third-order valence-corrected chi connectivity index (χ3v) is 5.70. The molecule has 0 spiro atoms. The molecule has 21 heavy (non-hydrogen) atoms. The van der Waals surface area contributed by atoms with Gasteiger partial charge in [-0.15, -0.1) is 11.3 Å². The number of hydrogen-bond acceptors (Lipinski definition) is 4. The molecular formula is C16H21N3OS.